The van der Waals surface area contributed by atoms with Gasteiger partial charge in [0.15, 0.2) is 11.6 Å². The number of hydrogen-bond acceptors (Lipinski definition) is 4. The van der Waals surface area contributed by atoms with Crippen molar-refractivity contribution in [3.05, 3.63) is 53.7 Å². The quantitative estimate of drug-likeness (QED) is 0.781. The average molecular weight is 348 g/mol. The number of rotatable bonds is 7. The molecule has 1 fully saturated rings. The molecule has 0 aliphatic heterocycles. The van der Waals surface area contributed by atoms with E-state index >= 15 is 0 Å². The van der Waals surface area contributed by atoms with Crippen LogP contribution in [0.15, 0.2) is 36.5 Å². The summed E-state index contributed by atoms with van der Waals surface area (Å²) in [7, 11) is 1.57. The first kappa shape index (κ1) is 17.3. The number of methoxy groups -OCH3 is 1. The summed E-state index contributed by atoms with van der Waals surface area (Å²) in [5.41, 5.74) is 1.10. The first-order valence-corrected chi connectivity index (χ1v) is 7.92. The summed E-state index contributed by atoms with van der Waals surface area (Å²) in [5, 5.41) is 2.79. The maximum atomic E-state index is 13.3. The van der Waals surface area contributed by atoms with Crippen LogP contribution in [0.25, 0.3) is 0 Å². The lowest BCUT2D eigenvalue weighted by Crippen LogP contribution is -2.16. The van der Waals surface area contributed by atoms with E-state index in [1.165, 1.54) is 6.07 Å². The molecule has 3 rings (SSSR count). The predicted octanol–water partition coefficient (Wildman–Crippen LogP) is 3.13. The number of benzene rings is 1. The normalized spacial score (nSPS) is 18.7. The van der Waals surface area contributed by atoms with Gasteiger partial charge in [-0.15, -0.1) is 0 Å². The zero-order chi connectivity index (χ0) is 17.8. The van der Waals surface area contributed by atoms with Crippen LogP contribution >= 0.6 is 0 Å². The van der Waals surface area contributed by atoms with Crippen LogP contribution in [0.4, 0.5) is 14.5 Å². The Labute approximate surface area is 144 Å². The molecule has 1 aromatic carbocycles. The van der Waals surface area contributed by atoms with Crippen LogP contribution in [0.2, 0.25) is 0 Å². The number of pyridine rings is 1. The number of aromatic nitrogens is 1. The molecular weight excluding hydrogens is 330 g/mol. The number of carbonyl (C=O) groups excluding carboxylic acids is 1. The third-order valence-corrected chi connectivity index (χ3v) is 4.05. The number of carbonyl (C=O) groups is 1. The van der Waals surface area contributed by atoms with Crippen LogP contribution < -0.4 is 10.1 Å². The first-order chi connectivity index (χ1) is 12.1. The van der Waals surface area contributed by atoms with Gasteiger partial charge in [0.25, 0.3) is 0 Å². The standard InChI is InChI=1S/C18H18F2N2O3/c1-24-7-8-25-18-16(3-2-6-21-18)22-17(23)13-10-12(13)11-4-5-14(19)15(20)9-11/h2-6,9,12-13H,7-8,10H2,1H3,(H,22,23). The van der Waals surface area contributed by atoms with Crippen molar-refractivity contribution >= 4 is 11.6 Å². The fourth-order valence-electron chi connectivity index (χ4n) is 2.64. The average Bonchev–Trinajstić information content (AvgIpc) is 3.40. The number of nitrogens with one attached hydrogen (secondary N) is 1. The minimum atomic E-state index is -0.898. The van der Waals surface area contributed by atoms with E-state index in [1.54, 1.807) is 25.4 Å². The maximum Gasteiger partial charge on any atom is 0.237 e. The molecule has 1 amide bonds. The van der Waals surface area contributed by atoms with Gasteiger partial charge in [-0.25, -0.2) is 13.8 Å². The first-order valence-electron chi connectivity index (χ1n) is 7.92. The SMILES string of the molecule is COCCOc1ncccc1NC(=O)C1CC1c1ccc(F)c(F)c1. The summed E-state index contributed by atoms with van der Waals surface area (Å²) in [6.45, 7) is 0.724. The van der Waals surface area contributed by atoms with Gasteiger partial charge in [-0.05, 0) is 42.2 Å². The molecule has 1 aromatic heterocycles. The van der Waals surface area contributed by atoms with Gasteiger partial charge in [-0.1, -0.05) is 6.07 Å². The molecule has 2 aromatic rings. The molecule has 7 heteroatoms. The monoisotopic (exact) mass is 348 g/mol. The molecule has 1 N–H and O–H groups in total. The Morgan fingerprint density at radius 3 is 2.88 bits per heavy atom. The smallest absolute Gasteiger partial charge is 0.237 e. The minimum absolute atomic E-state index is 0.107. The Morgan fingerprint density at radius 1 is 1.28 bits per heavy atom. The van der Waals surface area contributed by atoms with E-state index in [-0.39, 0.29) is 17.7 Å². The summed E-state index contributed by atoms with van der Waals surface area (Å²) in [5.74, 6) is -2.05. The van der Waals surface area contributed by atoms with Gasteiger partial charge in [-0.3, -0.25) is 4.79 Å². The number of anilines is 1. The number of halogens is 2. The molecule has 1 saturated carbocycles. The van der Waals surface area contributed by atoms with E-state index in [2.05, 4.69) is 10.3 Å². The molecule has 1 heterocycles. The van der Waals surface area contributed by atoms with Crippen LogP contribution in [-0.4, -0.2) is 31.2 Å². The lowest BCUT2D eigenvalue weighted by Gasteiger charge is -2.11. The molecular formula is C18H18F2N2O3. The molecule has 0 bridgehead atoms. The van der Waals surface area contributed by atoms with Crippen molar-refractivity contribution < 1.29 is 23.0 Å². The Balaban J connectivity index is 1.63. The fourth-order valence-corrected chi connectivity index (χ4v) is 2.64. The van der Waals surface area contributed by atoms with Crippen molar-refractivity contribution in [2.45, 2.75) is 12.3 Å². The summed E-state index contributed by atoms with van der Waals surface area (Å²) in [6.07, 6.45) is 2.16. The van der Waals surface area contributed by atoms with E-state index < -0.39 is 11.6 Å². The van der Waals surface area contributed by atoms with Crippen molar-refractivity contribution in [1.29, 1.82) is 0 Å². The maximum absolute atomic E-state index is 13.3. The highest BCUT2D eigenvalue weighted by Crippen LogP contribution is 2.48. The zero-order valence-corrected chi connectivity index (χ0v) is 13.7. The molecule has 0 spiro atoms. The Hall–Kier alpha value is -2.54. The largest absolute Gasteiger partial charge is 0.474 e. The van der Waals surface area contributed by atoms with Gasteiger partial charge in [0.2, 0.25) is 11.8 Å². The predicted molar refractivity (Wildman–Crippen MR) is 87.4 cm³/mol. The van der Waals surface area contributed by atoms with E-state index in [1.807, 2.05) is 0 Å². The molecule has 2 unspecified atom stereocenters. The fraction of sp³-hybridized carbons (Fsp3) is 0.333. The van der Waals surface area contributed by atoms with Gasteiger partial charge in [0, 0.05) is 19.2 Å². The van der Waals surface area contributed by atoms with E-state index in [4.69, 9.17) is 9.47 Å². The molecule has 5 nitrogen and oxygen atoms in total. The third kappa shape index (κ3) is 4.11. The van der Waals surface area contributed by atoms with Crippen LogP contribution in [0, 0.1) is 17.6 Å². The number of amides is 1. The second-order valence-electron chi connectivity index (χ2n) is 5.81. The molecule has 2 atom stereocenters. The van der Waals surface area contributed by atoms with E-state index in [9.17, 15) is 13.6 Å². The molecule has 25 heavy (non-hydrogen) atoms. The van der Waals surface area contributed by atoms with Gasteiger partial charge in [0.05, 0.1) is 6.61 Å². The Morgan fingerprint density at radius 2 is 2.12 bits per heavy atom. The summed E-state index contributed by atoms with van der Waals surface area (Å²) in [6, 6.07) is 7.14. The molecule has 1 aliphatic rings. The van der Waals surface area contributed by atoms with Crippen LogP contribution in [0.5, 0.6) is 5.88 Å². The molecule has 0 saturated heterocycles. The van der Waals surface area contributed by atoms with Crippen molar-refractivity contribution in [2.75, 3.05) is 25.6 Å². The highest BCUT2D eigenvalue weighted by atomic mass is 19.2. The molecule has 1 aliphatic carbocycles. The van der Waals surface area contributed by atoms with Gasteiger partial charge >= 0.3 is 0 Å². The summed E-state index contributed by atoms with van der Waals surface area (Å²) >= 11 is 0. The second kappa shape index (κ2) is 7.57. The van der Waals surface area contributed by atoms with Gasteiger partial charge in [0.1, 0.15) is 12.3 Å². The third-order valence-electron chi connectivity index (χ3n) is 4.05. The summed E-state index contributed by atoms with van der Waals surface area (Å²) in [4.78, 5) is 16.5. The number of nitrogens with zero attached hydrogens (tertiary/aromatic N) is 1. The van der Waals surface area contributed by atoms with Crippen LogP contribution in [-0.2, 0) is 9.53 Å². The van der Waals surface area contributed by atoms with Crippen LogP contribution in [0.3, 0.4) is 0 Å². The zero-order valence-electron chi connectivity index (χ0n) is 13.7. The van der Waals surface area contributed by atoms with Crippen molar-refractivity contribution in [3.8, 4) is 5.88 Å². The lowest BCUT2D eigenvalue weighted by molar-refractivity contribution is -0.117. The van der Waals surface area contributed by atoms with Gasteiger partial charge in [-0.2, -0.15) is 0 Å². The number of hydrogen-bond donors (Lipinski definition) is 1. The second-order valence-corrected chi connectivity index (χ2v) is 5.81. The van der Waals surface area contributed by atoms with Gasteiger partial charge < -0.3 is 14.8 Å². The molecule has 132 valence electrons. The topological polar surface area (TPSA) is 60.5 Å². The molecule has 0 radical (unpaired) electrons. The Kier molecular flexibility index (Phi) is 5.23. The summed E-state index contributed by atoms with van der Waals surface area (Å²) < 4.78 is 36.7. The van der Waals surface area contributed by atoms with E-state index in [0.29, 0.717) is 36.8 Å². The van der Waals surface area contributed by atoms with E-state index in [0.717, 1.165) is 12.1 Å². The highest BCUT2D eigenvalue weighted by molar-refractivity contribution is 5.96. The number of ether oxygens (including phenoxy) is 2. The van der Waals surface area contributed by atoms with Crippen molar-refractivity contribution in [2.24, 2.45) is 5.92 Å². The highest BCUT2D eigenvalue weighted by Gasteiger charge is 2.44. The Bertz CT molecular complexity index is 770. The lowest BCUT2D eigenvalue weighted by atomic mass is 10.1. The minimum Gasteiger partial charge on any atom is -0.474 e. The van der Waals surface area contributed by atoms with Crippen LogP contribution in [0.1, 0.15) is 17.9 Å². The van der Waals surface area contributed by atoms with Crippen molar-refractivity contribution in [3.63, 3.8) is 0 Å². The van der Waals surface area contributed by atoms with Crippen molar-refractivity contribution in [1.82, 2.24) is 4.98 Å².